The second-order valence-corrected chi connectivity index (χ2v) is 9.17. The van der Waals surface area contributed by atoms with Crippen molar-refractivity contribution < 1.29 is 9.47 Å². The molecule has 1 fully saturated rings. The minimum absolute atomic E-state index is 0.561. The third-order valence-corrected chi connectivity index (χ3v) is 7.53. The van der Waals surface area contributed by atoms with Gasteiger partial charge in [-0.25, -0.2) is 0 Å². The van der Waals surface area contributed by atoms with Gasteiger partial charge in [0.15, 0.2) is 11.5 Å². The molecule has 2 aliphatic heterocycles. The Morgan fingerprint density at radius 1 is 1.12 bits per heavy atom. The largest absolute Gasteiger partial charge is 0.493 e. The quantitative estimate of drug-likeness (QED) is 0.775. The predicted molar refractivity (Wildman–Crippen MR) is 105 cm³/mol. The Morgan fingerprint density at radius 3 is 2.77 bits per heavy atom. The van der Waals surface area contributed by atoms with Gasteiger partial charge in [-0.2, -0.15) is 0 Å². The van der Waals surface area contributed by atoms with Gasteiger partial charge in [0.05, 0.1) is 14.2 Å². The van der Waals surface area contributed by atoms with Crippen LogP contribution in [-0.2, 0) is 25.8 Å². The van der Waals surface area contributed by atoms with Crippen LogP contribution in [0.25, 0.3) is 0 Å². The van der Waals surface area contributed by atoms with E-state index in [0.717, 1.165) is 36.9 Å². The topological polar surface area (TPSA) is 21.7 Å². The predicted octanol–water partition coefficient (Wildman–Crippen LogP) is 4.76. The zero-order chi connectivity index (χ0) is 17.7. The highest BCUT2D eigenvalue weighted by Crippen LogP contribution is 2.45. The van der Waals surface area contributed by atoms with E-state index in [1.54, 1.807) is 29.5 Å². The molecule has 1 saturated carbocycles. The van der Waals surface area contributed by atoms with Gasteiger partial charge < -0.3 is 9.47 Å². The number of fused-ring (bicyclic) bond motifs is 4. The van der Waals surface area contributed by atoms with Crippen molar-refractivity contribution in [2.75, 3.05) is 20.8 Å². The van der Waals surface area contributed by atoms with Gasteiger partial charge in [0.2, 0.25) is 0 Å². The minimum Gasteiger partial charge on any atom is -0.493 e. The van der Waals surface area contributed by atoms with Gasteiger partial charge in [-0.1, -0.05) is 6.07 Å². The summed E-state index contributed by atoms with van der Waals surface area (Å²) in [5.41, 5.74) is 4.37. The number of methoxy groups -OCH3 is 2. The lowest BCUT2D eigenvalue weighted by atomic mass is 9.95. The SMILES string of the molecule is COc1ccc2c(c1OC)CN1CCc3sc(CC4CC4)cc3[C@@H]1CC2. The van der Waals surface area contributed by atoms with Crippen molar-refractivity contribution >= 4 is 11.3 Å². The molecular formula is C22H27NO2S. The first kappa shape index (κ1) is 16.6. The average molecular weight is 370 g/mol. The first-order valence-electron chi connectivity index (χ1n) is 9.85. The molecule has 3 aliphatic rings. The van der Waals surface area contributed by atoms with E-state index in [2.05, 4.69) is 34.4 Å². The van der Waals surface area contributed by atoms with Crippen LogP contribution in [0.2, 0.25) is 0 Å². The molecule has 1 aromatic carbocycles. The van der Waals surface area contributed by atoms with Gasteiger partial charge in [0, 0.05) is 34.4 Å². The Kier molecular flexibility index (Phi) is 4.21. The van der Waals surface area contributed by atoms with Crippen molar-refractivity contribution in [2.24, 2.45) is 5.92 Å². The second-order valence-electron chi connectivity index (χ2n) is 7.95. The monoisotopic (exact) mass is 369 g/mol. The number of hydrogen-bond donors (Lipinski definition) is 0. The fourth-order valence-corrected chi connectivity index (χ4v) is 6.07. The van der Waals surface area contributed by atoms with Gasteiger partial charge in [-0.15, -0.1) is 11.3 Å². The standard InChI is InChI=1S/C22H27NO2S/c1-24-20-8-6-15-5-7-19-17-12-16(11-14-3-4-14)26-21(17)9-10-23(19)13-18(15)22(20)25-2/h6,8,12,14,19H,3-5,7,9-11,13H2,1-2H3/t19-/m0/s1. The highest BCUT2D eigenvalue weighted by molar-refractivity contribution is 7.12. The molecule has 3 nitrogen and oxygen atoms in total. The Morgan fingerprint density at radius 2 is 2.00 bits per heavy atom. The van der Waals surface area contributed by atoms with Crippen LogP contribution in [-0.4, -0.2) is 25.7 Å². The highest BCUT2D eigenvalue weighted by Gasteiger charge is 2.34. The van der Waals surface area contributed by atoms with Crippen LogP contribution < -0.4 is 9.47 Å². The van der Waals surface area contributed by atoms with Crippen molar-refractivity contribution in [1.29, 1.82) is 0 Å². The number of benzene rings is 1. The van der Waals surface area contributed by atoms with Crippen LogP contribution in [0, 0.1) is 5.92 Å². The van der Waals surface area contributed by atoms with Gasteiger partial charge in [-0.3, -0.25) is 4.90 Å². The zero-order valence-electron chi connectivity index (χ0n) is 15.7. The fourth-order valence-electron chi connectivity index (χ4n) is 4.74. The van der Waals surface area contributed by atoms with E-state index in [9.17, 15) is 0 Å². The first-order valence-corrected chi connectivity index (χ1v) is 10.7. The lowest BCUT2D eigenvalue weighted by molar-refractivity contribution is 0.173. The van der Waals surface area contributed by atoms with E-state index in [-0.39, 0.29) is 0 Å². The number of rotatable bonds is 4. The molecule has 4 heteroatoms. The maximum Gasteiger partial charge on any atom is 0.165 e. The van der Waals surface area contributed by atoms with Crippen molar-refractivity contribution in [3.8, 4) is 11.5 Å². The summed E-state index contributed by atoms with van der Waals surface area (Å²) in [6.07, 6.45) is 7.71. The number of thiophene rings is 1. The summed E-state index contributed by atoms with van der Waals surface area (Å²) in [7, 11) is 3.49. The molecule has 1 atom stereocenters. The highest BCUT2D eigenvalue weighted by atomic mass is 32.1. The normalized spacial score (nSPS) is 22.2. The molecule has 0 N–H and O–H groups in total. The number of ether oxygens (including phenoxy) is 2. The lowest BCUT2D eigenvalue weighted by Gasteiger charge is -2.34. The molecule has 138 valence electrons. The second kappa shape index (κ2) is 6.58. The summed E-state index contributed by atoms with van der Waals surface area (Å²) in [6.45, 7) is 2.12. The zero-order valence-corrected chi connectivity index (χ0v) is 16.5. The third-order valence-electron chi connectivity index (χ3n) is 6.30. The van der Waals surface area contributed by atoms with Gasteiger partial charge in [0.1, 0.15) is 0 Å². The molecule has 2 aromatic rings. The lowest BCUT2D eigenvalue weighted by Crippen LogP contribution is -2.33. The molecule has 0 radical (unpaired) electrons. The summed E-state index contributed by atoms with van der Waals surface area (Å²) in [6, 6.07) is 7.41. The van der Waals surface area contributed by atoms with Gasteiger partial charge >= 0.3 is 0 Å². The van der Waals surface area contributed by atoms with Crippen LogP contribution in [0.4, 0.5) is 0 Å². The summed E-state index contributed by atoms with van der Waals surface area (Å²) in [4.78, 5) is 5.95. The van der Waals surface area contributed by atoms with E-state index in [1.165, 1.54) is 43.2 Å². The molecule has 1 aromatic heterocycles. The molecule has 5 rings (SSSR count). The van der Waals surface area contributed by atoms with Gasteiger partial charge in [-0.05, 0) is 67.7 Å². The molecule has 0 spiro atoms. The molecule has 0 bridgehead atoms. The van der Waals surface area contributed by atoms with Crippen molar-refractivity contribution in [3.63, 3.8) is 0 Å². The maximum absolute atomic E-state index is 5.74. The van der Waals surface area contributed by atoms with Crippen LogP contribution in [0.1, 0.15) is 51.7 Å². The Bertz CT molecular complexity index is 824. The molecule has 26 heavy (non-hydrogen) atoms. The summed E-state index contributed by atoms with van der Waals surface area (Å²) >= 11 is 2.09. The minimum atomic E-state index is 0.561. The van der Waals surface area contributed by atoms with Crippen molar-refractivity contribution in [2.45, 2.75) is 51.1 Å². The first-order chi connectivity index (χ1) is 12.8. The van der Waals surface area contributed by atoms with E-state index in [4.69, 9.17) is 9.47 Å². The van der Waals surface area contributed by atoms with E-state index >= 15 is 0 Å². The Hall–Kier alpha value is -1.52. The summed E-state index contributed by atoms with van der Waals surface area (Å²) in [5.74, 6) is 2.75. The number of nitrogens with zero attached hydrogens (tertiary/aromatic N) is 1. The fraction of sp³-hybridized carbons (Fsp3) is 0.545. The molecule has 0 saturated heterocycles. The number of aryl methyl sites for hydroxylation is 1. The molecule has 0 amide bonds. The molecule has 1 aliphatic carbocycles. The van der Waals surface area contributed by atoms with Crippen molar-refractivity contribution in [1.82, 2.24) is 4.90 Å². The molecular weight excluding hydrogens is 342 g/mol. The van der Waals surface area contributed by atoms with Crippen LogP contribution in [0.5, 0.6) is 11.5 Å². The van der Waals surface area contributed by atoms with Crippen molar-refractivity contribution in [3.05, 3.63) is 44.6 Å². The summed E-state index contributed by atoms with van der Waals surface area (Å²) < 4.78 is 11.3. The van der Waals surface area contributed by atoms with Crippen LogP contribution >= 0.6 is 11.3 Å². The Labute approximate surface area is 159 Å². The number of hydrogen-bond acceptors (Lipinski definition) is 4. The Balaban J connectivity index is 1.47. The van der Waals surface area contributed by atoms with E-state index in [1.807, 2.05) is 0 Å². The van der Waals surface area contributed by atoms with Crippen LogP contribution in [0.15, 0.2) is 18.2 Å². The third kappa shape index (κ3) is 2.84. The van der Waals surface area contributed by atoms with E-state index in [0.29, 0.717) is 6.04 Å². The summed E-state index contributed by atoms with van der Waals surface area (Å²) in [5, 5.41) is 0. The van der Waals surface area contributed by atoms with Crippen LogP contribution in [0.3, 0.4) is 0 Å². The van der Waals surface area contributed by atoms with Gasteiger partial charge in [0.25, 0.3) is 0 Å². The molecule has 0 unspecified atom stereocenters. The molecule has 3 heterocycles. The average Bonchev–Trinajstić information content (AvgIpc) is 3.40. The maximum atomic E-state index is 5.74. The van der Waals surface area contributed by atoms with E-state index < -0.39 is 0 Å². The smallest absolute Gasteiger partial charge is 0.165 e.